The van der Waals surface area contributed by atoms with E-state index in [1.165, 1.54) is 0 Å². The number of aromatic nitrogens is 1. The molecule has 0 spiro atoms. The lowest BCUT2D eigenvalue weighted by Crippen LogP contribution is -2.38. The fourth-order valence-electron chi connectivity index (χ4n) is 3.86. The smallest absolute Gasteiger partial charge is 0.225 e. The standard InChI is InChI=1S/C24H29N3O4S/c1-19-2-5-22(6-3-19)32(29,30)17-9-24(28)25-21-4-7-23-20(18-21)8-10-27(23)12-11-26-13-15-31-16-14-26/h2-8,10,18H,9,11-17H2,1H3,(H,25,28). The van der Waals surface area contributed by atoms with E-state index in [4.69, 9.17) is 4.74 Å². The number of nitrogens with one attached hydrogen (secondary N) is 1. The molecule has 0 atom stereocenters. The molecule has 0 bridgehead atoms. The monoisotopic (exact) mass is 455 g/mol. The molecule has 3 aromatic rings. The number of nitrogens with zero attached hydrogens (tertiary/aromatic N) is 2. The fourth-order valence-corrected chi connectivity index (χ4v) is 5.10. The van der Waals surface area contributed by atoms with E-state index in [1.54, 1.807) is 24.3 Å². The van der Waals surface area contributed by atoms with Crippen LogP contribution in [0, 0.1) is 6.92 Å². The molecule has 1 aliphatic heterocycles. The first-order valence-corrected chi connectivity index (χ1v) is 12.5. The summed E-state index contributed by atoms with van der Waals surface area (Å²) >= 11 is 0. The highest BCUT2D eigenvalue weighted by molar-refractivity contribution is 7.91. The Hall–Kier alpha value is -2.68. The van der Waals surface area contributed by atoms with Crippen LogP contribution < -0.4 is 5.32 Å². The van der Waals surface area contributed by atoms with Gasteiger partial charge in [0.25, 0.3) is 0 Å². The topological polar surface area (TPSA) is 80.6 Å². The van der Waals surface area contributed by atoms with Crippen molar-refractivity contribution in [1.29, 1.82) is 0 Å². The first-order chi connectivity index (χ1) is 15.4. The molecule has 0 aliphatic carbocycles. The van der Waals surface area contributed by atoms with Gasteiger partial charge in [0.15, 0.2) is 9.84 Å². The molecular formula is C24H29N3O4S. The van der Waals surface area contributed by atoms with E-state index in [2.05, 4.69) is 21.0 Å². The van der Waals surface area contributed by atoms with Gasteiger partial charge in [-0.3, -0.25) is 9.69 Å². The molecule has 7 nitrogen and oxygen atoms in total. The summed E-state index contributed by atoms with van der Waals surface area (Å²) in [7, 11) is -3.49. The number of ether oxygens (including phenoxy) is 1. The number of fused-ring (bicyclic) bond motifs is 1. The van der Waals surface area contributed by atoms with E-state index in [1.807, 2.05) is 31.2 Å². The van der Waals surface area contributed by atoms with E-state index in [0.717, 1.165) is 55.9 Å². The van der Waals surface area contributed by atoms with Gasteiger partial charge < -0.3 is 14.6 Å². The van der Waals surface area contributed by atoms with E-state index in [0.29, 0.717) is 5.69 Å². The van der Waals surface area contributed by atoms with Crippen LogP contribution in [0.5, 0.6) is 0 Å². The average Bonchev–Trinajstić information content (AvgIpc) is 3.19. The van der Waals surface area contributed by atoms with Gasteiger partial charge in [0.05, 0.1) is 23.9 Å². The summed E-state index contributed by atoms with van der Waals surface area (Å²) in [6.07, 6.45) is 1.97. The van der Waals surface area contributed by atoms with Crippen molar-refractivity contribution >= 4 is 32.3 Å². The average molecular weight is 456 g/mol. The van der Waals surface area contributed by atoms with Crippen molar-refractivity contribution in [3.05, 3.63) is 60.3 Å². The number of morpholine rings is 1. The SMILES string of the molecule is Cc1ccc(S(=O)(=O)CCC(=O)Nc2ccc3c(ccn3CCN3CCOCC3)c2)cc1. The molecule has 1 amide bonds. The van der Waals surface area contributed by atoms with Gasteiger partial charge in [0.2, 0.25) is 5.91 Å². The Morgan fingerprint density at radius 2 is 1.78 bits per heavy atom. The molecule has 2 aromatic carbocycles. The van der Waals surface area contributed by atoms with Gasteiger partial charge in [-0.15, -0.1) is 0 Å². The molecule has 2 heterocycles. The minimum atomic E-state index is -3.49. The lowest BCUT2D eigenvalue weighted by atomic mass is 10.2. The second kappa shape index (κ2) is 9.85. The second-order valence-corrected chi connectivity index (χ2v) is 10.3. The van der Waals surface area contributed by atoms with Crippen molar-refractivity contribution in [3.63, 3.8) is 0 Å². The summed E-state index contributed by atoms with van der Waals surface area (Å²) in [5.74, 6) is -0.533. The van der Waals surface area contributed by atoms with Gasteiger partial charge in [-0.2, -0.15) is 0 Å². The molecule has 0 saturated carbocycles. The summed E-state index contributed by atoms with van der Waals surface area (Å²) in [5.41, 5.74) is 2.77. The van der Waals surface area contributed by atoms with Crippen LogP contribution in [-0.4, -0.2) is 62.4 Å². The van der Waals surface area contributed by atoms with E-state index < -0.39 is 9.84 Å². The minimum Gasteiger partial charge on any atom is -0.379 e. The van der Waals surface area contributed by atoms with Gasteiger partial charge in [0, 0.05) is 55.4 Å². The number of hydrogen-bond acceptors (Lipinski definition) is 5. The number of aryl methyl sites for hydroxylation is 1. The number of amides is 1. The Kier molecular flexibility index (Phi) is 6.93. The van der Waals surface area contributed by atoms with E-state index in [-0.39, 0.29) is 23.0 Å². The van der Waals surface area contributed by atoms with Crippen molar-refractivity contribution < 1.29 is 17.9 Å². The third-order valence-corrected chi connectivity index (χ3v) is 7.53. The molecule has 1 saturated heterocycles. The van der Waals surface area contributed by atoms with Gasteiger partial charge in [-0.05, 0) is 43.3 Å². The van der Waals surface area contributed by atoms with Crippen LogP contribution >= 0.6 is 0 Å². The first kappa shape index (κ1) is 22.5. The first-order valence-electron chi connectivity index (χ1n) is 10.9. The Labute approximate surface area is 188 Å². The largest absolute Gasteiger partial charge is 0.379 e. The number of anilines is 1. The molecule has 4 rings (SSSR count). The zero-order valence-electron chi connectivity index (χ0n) is 18.3. The lowest BCUT2D eigenvalue weighted by Gasteiger charge is -2.26. The van der Waals surface area contributed by atoms with Crippen molar-refractivity contribution in [2.45, 2.75) is 24.8 Å². The van der Waals surface area contributed by atoms with E-state index >= 15 is 0 Å². The molecule has 32 heavy (non-hydrogen) atoms. The predicted octanol–water partition coefficient (Wildman–Crippen LogP) is 3.08. The van der Waals surface area contributed by atoms with Crippen molar-refractivity contribution in [2.24, 2.45) is 0 Å². The molecular weight excluding hydrogens is 426 g/mol. The molecule has 1 aromatic heterocycles. The maximum atomic E-state index is 12.5. The maximum Gasteiger partial charge on any atom is 0.225 e. The fraction of sp³-hybridized carbons (Fsp3) is 0.375. The summed E-state index contributed by atoms with van der Waals surface area (Å²) < 4.78 is 32.5. The molecule has 1 aliphatic rings. The number of benzene rings is 2. The molecule has 8 heteroatoms. The van der Waals surface area contributed by atoms with Crippen LogP contribution in [-0.2, 0) is 25.9 Å². The molecule has 170 valence electrons. The maximum absolute atomic E-state index is 12.5. The number of sulfone groups is 1. The number of rotatable bonds is 8. The molecule has 0 radical (unpaired) electrons. The van der Waals surface area contributed by atoms with Gasteiger partial charge in [-0.25, -0.2) is 8.42 Å². The zero-order valence-corrected chi connectivity index (χ0v) is 19.1. The highest BCUT2D eigenvalue weighted by atomic mass is 32.2. The predicted molar refractivity (Wildman–Crippen MR) is 126 cm³/mol. The Morgan fingerprint density at radius 3 is 2.53 bits per heavy atom. The number of carbonyl (C=O) groups excluding carboxylic acids is 1. The molecule has 1 N–H and O–H groups in total. The van der Waals surface area contributed by atoms with Crippen molar-refractivity contribution in [2.75, 3.05) is 43.9 Å². The summed E-state index contributed by atoms with van der Waals surface area (Å²) in [6.45, 7) is 7.29. The van der Waals surface area contributed by atoms with Crippen LogP contribution in [0.25, 0.3) is 10.9 Å². The van der Waals surface area contributed by atoms with Crippen LogP contribution in [0.1, 0.15) is 12.0 Å². The number of hydrogen-bond donors (Lipinski definition) is 1. The Morgan fingerprint density at radius 1 is 1.03 bits per heavy atom. The normalized spacial score (nSPS) is 15.2. The summed E-state index contributed by atoms with van der Waals surface area (Å²) in [6, 6.07) is 14.5. The van der Waals surface area contributed by atoms with Gasteiger partial charge in [-0.1, -0.05) is 17.7 Å². The second-order valence-electron chi connectivity index (χ2n) is 8.17. The highest BCUT2D eigenvalue weighted by Gasteiger charge is 2.17. The van der Waals surface area contributed by atoms with Crippen LogP contribution in [0.2, 0.25) is 0 Å². The lowest BCUT2D eigenvalue weighted by molar-refractivity contribution is -0.115. The third-order valence-electron chi connectivity index (χ3n) is 5.79. The number of carbonyl (C=O) groups is 1. The highest BCUT2D eigenvalue weighted by Crippen LogP contribution is 2.21. The third kappa shape index (κ3) is 5.56. The summed E-state index contributed by atoms with van der Waals surface area (Å²) in [5, 5.41) is 3.86. The Balaban J connectivity index is 1.33. The van der Waals surface area contributed by atoms with E-state index in [9.17, 15) is 13.2 Å². The summed E-state index contributed by atoms with van der Waals surface area (Å²) in [4.78, 5) is 15.0. The van der Waals surface area contributed by atoms with Crippen LogP contribution in [0.3, 0.4) is 0 Å². The van der Waals surface area contributed by atoms with Crippen LogP contribution in [0.15, 0.2) is 59.6 Å². The quantitative estimate of drug-likeness (QED) is 0.565. The van der Waals surface area contributed by atoms with Crippen molar-refractivity contribution in [1.82, 2.24) is 9.47 Å². The molecule has 1 fully saturated rings. The van der Waals surface area contributed by atoms with Crippen LogP contribution in [0.4, 0.5) is 5.69 Å². The van der Waals surface area contributed by atoms with Crippen molar-refractivity contribution in [3.8, 4) is 0 Å². The zero-order chi connectivity index (χ0) is 22.6. The van der Waals surface area contributed by atoms with Gasteiger partial charge >= 0.3 is 0 Å². The minimum absolute atomic E-state index is 0.0885. The van der Waals surface area contributed by atoms with Gasteiger partial charge in [0.1, 0.15) is 0 Å². The molecule has 0 unspecified atom stereocenters. The Bertz CT molecular complexity index is 1180.